The first-order valence-electron chi connectivity index (χ1n) is 9.54. The van der Waals surface area contributed by atoms with Crippen molar-refractivity contribution < 1.29 is 4.79 Å². The van der Waals surface area contributed by atoms with E-state index in [9.17, 15) is 4.79 Å². The Morgan fingerprint density at radius 2 is 0.966 bits per heavy atom. The number of carbonyl (C=O) groups excluding carboxylic acids is 1. The number of ketones is 1. The van der Waals surface area contributed by atoms with E-state index < -0.39 is 7.26 Å². The molecule has 0 unspecified atom stereocenters. The van der Waals surface area contributed by atoms with Crippen LogP contribution in [0.4, 0.5) is 0 Å². The molecule has 0 saturated carbocycles. The van der Waals surface area contributed by atoms with E-state index >= 15 is 0 Å². The van der Waals surface area contributed by atoms with Crippen LogP contribution in [0.1, 0.15) is 10.4 Å². The summed E-state index contributed by atoms with van der Waals surface area (Å²) in [6.07, 6.45) is 0.478. The molecule has 29 heavy (non-hydrogen) atoms. The van der Waals surface area contributed by atoms with Gasteiger partial charge in [-0.25, -0.2) is 0 Å². The Morgan fingerprint density at radius 1 is 0.586 bits per heavy atom. The van der Waals surface area contributed by atoms with Crippen molar-refractivity contribution >= 4 is 51.6 Å². The highest BCUT2D eigenvalue weighted by atomic mass is 127. The first-order valence-corrected chi connectivity index (χ1v) is 12.6. The van der Waals surface area contributed by atoms with Gasteiger partial charge in [0.25, 0.3) is 0 Å². The molecular weight excluding hydrogens is 486 g/mol. The molecule has 0 atom stereocenters. The predicted molar refractivity (Wildman–Crippen MR) is 134 cm³/mol. The van der Waals surface area contributed by atoms with Gasteiger partial charge in [-0.3, -0.25) is 4.79 Å². The number of Topliss-reactive ketones (excluding diaryl/α,β-unsaturated/α-hetero) is 1. The summed E-state index contributed by atoms with van der Waals surface area (Å²) in [5.41, 5.74) is 0.776. The quantitative estimate of drug-likeness (QED) is 0.192. The van der Waals surface area contributed by atoms with Gasteiger partial charge in [0.05, 0.1) is 0 Å². The lowest BCUT2D eigenvalue weighted by Crippen LogP contribution is -2.35. The van der Waals surface area contributed by atoms with Gasteiger partial charge in [-0.1, -0.05) is 66.7 Å². The van der Waals surface area contributed by atoms with Crippen molar-refractivity contribution in [2.24, 2.45) is 0 Å². The number of hydrogen-bond donors (Lipinski definition) is 0. The highest BCUT2D eigenvalue weighted by molar-refractivity contribution is 14.1. The Labute approximate surface area is 186 Å². The maximum atomic E-state index is 13.5. The predicted octanol–water partition coefficient (Wildman–Crippen LogP) is 5.47. The van der Waals surface area contributed by atoms with E-state index in [1.807, 2.05) is 42.5 Å². The second kappa shape index (κ2) is 9.02. The second-order valence-electron chi connectivity index (χ2n) is 6.90. The minimum atomic E-state index is -2.14. The number of hydrogen-bond acceptors (Lipinski definition) is 1. The molecule has 0 heterocycles. The fraction of sp³-hybridized carbons (Fsp3) is 0.0385. The molecule has 0 N–H and O–H groups in total. The largest absolute Gasteiger partial charge is 0.290 e. The number of halogens is 1. The van der Waals surface area contributed by atoms with Gasteiger partial charge in [-0.2, -0.15) is 0 Å². The molecule has 0 radical (unpaired) electrons. The van der Waals surface area contributed by atoms with Crippen LogP contribution in [-0.2, 0) is 0 Å². The molecule has 0 aliphatic heterocycles. The Bertz CT molecular complexity index is 981. The molecule has 4 aromatic carbocycles. The third kappa shape index (κ3) is 4.19. The summed E-state index contributed by atoms with van der Waals surface area (Å²) in [7, 11) is -2.14. The SMILES string of the molecule is O=C(C[P+](c1ccccc1)(c1ccccc1)c1ccccc1)c1ccc(I)cc1. The molecule has 142 valence electrons. The summed E-state index contributed by atoms with van der Waals surface area (Å²) >= 11 is 2.27. The van der Waals surface area contributed by atoms with Crippen molar-refractivity contribution in [1.82, 2.24) is 0 Å². The summed E-state index contributed by atoms with van der Waals surface area (Å²) in [6.45, 7) is 0. The number of carbonyl (C=O) groups is 1. The zero-order valence-corrected chi connectivity index (χ0v) is 19.0. The van der Waals surface area contributed by atoms with Crippen LogP contribution in [0, 0.1) is 3.57 Å². The Morgan fingerprint density at radius 3 is 1.34 bits per heavy atom. The van der Waals surface area contributed by atoms with E-state index in [0.717, 1.165) is 9.13 Å². The summed E-state index contributed by atoms with van der Waals surface area (Å²) < 4.78 is 1.13. The topological polar surface area (TPSA) is 17.1 Å². The Kier molecular flexibility index (Phi) is 6.22. The molecule has 0 aliphatic rings. The number of rotatable bonds is 6. The maximum absolute atomic E-state index is 13.5. The molecule has 0 saturated heterocycles. The molecule has 0 aliphatic carbocycles. The van der Waals surface area contributed by atoms with E-state index in [2.05, 4.69) is 95.4 Å². The van der Waals surface area contributed by atoms with E-state index in [-0.39, 0.29) is 5.78 Å². The standard InChI is InChI=1S/C26H21IOP/c27-22-18-16-21(17-19-22)26(28)20-29(23-10-4-1-5-11-23,24-12-6-2-7-13-24)25-14-8-3-9-15-25/h1-19H,20H2/q+1. The maximum Gasteiger partial charge on any atom is 0.201 e. The van der Waals surface area contributed by atoms with Crippen LogP contribution in [-0.4, -0.2) is 11.9 Å². The highest BCUT2D eigenvalue weighted by Gasteiger charge is 2.47. The third-order valence-electron chi connectivity index (χ3n) is 5.14. The molecule has 0 fully saturated rings. The van der Waals surface area contributed by atoms with Gasteiger partial charge < -0.3 is 0 Å². The Hall–Kier alpha value is -2.29. The smallest absolute Gasteiger partial charge is 0.201 e. The fourth-order valence-corrected chi connectivity index (χ4v) is 8.17. The lowest BCUT2D eigenvalue weighted by Gasteiger charge is -2.27. The van der Waals surface area contributed by atoms with Crippen molar-refractivity contribution in [3.8, 4) is 0 Å². The second-order valence-corrected chi connectivity index (χ2v) is 11.6. The summed E-state index contributed by atoms with van der Waals surface area (Å²) in [4.78, 5) is 13.5. The number of benzene rings is 4. The van der Waals surface area contributed by atoms with Crippen LogP contribution >= 0.6 is 29.9 Å². The van der Waals surface area contributed by atoms with Crippen LogP contribution in [0.5, 0.6) is 0 Å². The van der Waals surface area contributed by atoms with Crippen LogP contribution < -0.4 is 15.9 Å². The van der Waals surface area contributed by atoms with Gasteiger partial charge in [0.1, 0.15) is 29.3 Å². The minimum absolute atomic E-state index is 0.186. The fourth-order valence-electron chi connectivity index (χ4n) is 3.71. The van der Waals surface area contributed by atoms with Gasteiger partial charge in [0, 0.05) is 9.13 Å². The average molecular weight is 507 g/mol. The first-order chi connectivity index (χ1) is 14.2. The van der Waals surface area contributed by atoms with E-state index in [1.165, 1.54) is 15.9 Å². The molecule has 4 aromatic rings. The lowest BCUT2D eigenvalue weighted by atomic mass is 10.2. The van der Waals surface area contributed by atoms with Gasteiger partial charge in [-0.05, 0) is 71.1 Å². The molecule has 0 amide bonds. The van der Waals surface area contributed by atoms with Crippen LogP contribution in [0.25, 0.3) is 0 Å². The first kappa shape index (κ1) is 20.0. The van der Waals surface area contributed by atoms with Gasteiger partial charge in [-0.15, -0.1) is 0 Å². The van der Waals surface area contributed by atoms with E-state index in [1.54, 1.807) is 0 Å². The van der Waals surface area contributed by atoms with Crippen LogP contribution in [0.3, 0.4) is 0 Å². The van der Waals surface area contributed by atoms with E-state index in [0.29, 0.717) is 6.16 Å². The minimum Gasteiger partial charge on any atom is -0.290 e. The van der Waals surface area contributed by atoms with Gasteiger partial charge >= 0.3 is 0 Å². The summed E-state index contributed by atoms with van der Waals surface area (Å²) in [6, 6.07) is 39.5. The molecular formula is C26H21IOP+. The van der Waals surface area contributed by atoms with Crippen LogP contribution in [0.15, 0.2) is 115 Å². The highest BCUT2D eigenvalue weighted by Crippen LogP contribution is 2.55. The van der Waals surface area contributed by atoms with Crippen molar-refractivity contribution in [1.29, 1.82) is 0 Å². The lowest BCUT2D eigenvalue weighted by molar-refractivity contribution is 0.102. The summed E-state index contributed by atoms with van der Waals surface area (Å²) in [5.74, 6) is 0.186. The third-order valence-corrected chi connectivity index (χ3v) is 10.2. The normalized spacial score (nSPS) is 11.2. The monoisotopic (exact) mass is 507 g/mol. The zero-order chi connectivity index (χ0) is 20.1. The van der Waals surface area contributed by atoms with Crippen LogP contribution in [0.2, 0.25) is 0 Å². The molecule has 1 nitrogen and oxygen atoms in total. The van der Waals surface area contributed by atoms with Crippen molar-refractivity contribution in [3.05, 3.63) is 124 Å². The molecule has 0 aromatic heterocycles. The molecule has 3 heteroatoms. The van der Waals surface area contributed by atoms with Crippen molar-refractivity contribution in [2.75, 3.05) is 6.16 Å². The van der Waals surface area contributed by atoms with E-state index in [4.69, 9.17) is 0 Å². The summed E-state index contributed by atoms with van der Waals surface area (Å²) in [5, 5.41) is 3.70. The molecule has 0 spiro atoms. The van der Waals surface area contributed by atoms with Gasteiger partial charge in [0.15, 0.2) is 0 Å². The molecule has 0 bridgehead atoms. The Balaban J connectivity index is 1.92. The van der Waals surface area contributed by atoms with Crippen molar-refractivity contribution in [3.63, 3.8) is 0 Å². The van der Waals surface area contributed by atoms with Crippen molar-refractivity contribution in [2.45, 2.75) is 0 Å². The zero-order valence-electron chi connectivity index (χ0n) is 15.9. The molecule has 4 rings (SSSR count). The average Bonchev–Trinajstić information content (AvgIpc) is 2.79. The van der Waals surface area contributed by atoms with Gasteiger partial charge in [0.2, 0.25) is 5.78 Å².